The van der Waals surface area contributed by atoms with Crippen LogP contribution in [-0.4, -0.2) is 76.4 Å². The van der Waals surface area contributed by atoms with E-state index < -0.39 is 0 Å². The maximum Gasteiger partial charge on any atom is 0.193 e. The standard InChI is InChI=1S/C24H34N4O3.HI/c1-25-24(26-11-16-31-19-20-7-5-4-6-8-20)28-14-12-27(13-15-28)18-21-9-10-22(29-2)23(17-21)30-3;/h4-10,17H,11-16,18-19H2,1-3H3,(H,25,26);1H. The number of benzene rings is 2. The average molecular weight is 554 g/mol. The summed E-state index contributed by atoms with van der Waals surface area (Å²) in [6.45, 7) is 6.77. The lowest BCUT2D eigenvalue weighted by molar-refractivity contribution is 0.124. The van der Waals surface area contributed by atoms with Gasteiger partial charge >= 0.3 is 0 Å². The molecule has 0 saturated carbocycles. The van der Waals surface area contributed by atoms with Crippen molar-refractivity contribution >= 4 is 29.9 Å². The summed E-state index contributed by atoms with van der Waals surface area (Å²) in [6.07, 6.45) is 0. The Morgan fingerprint density at radius 1 is 0.938 bits per heavy atom. The van der Waals surface area contributed by atoms with Crippen LogP contribution in [0.2, 0.25) is 0 Å². The third-order valence-corrected chi connectivity index (χ3v) is 5.38. The van der Waals surface area contributed by atoms with Gasteiger partial charge in [0.25, 0.3) is 0 Å². The average Bonchev–Trinajstić information content (AvgIpc) is 2.82. The minimum atomic E-state index is 0. The molecule has 2 aromatic carbocycles. The first kappa shape index (κ1) is 26.2. The number of hydrogen-bond donors (Lipinski definition) is 1. The first-order valence-electron chi connectivity index (χ1n) is 10.7. The summed E-state index contributed by atoms with van der Waals surface area (Å²) in [5.74, 6) is 2.48. The number of guanidine groups is 1. The van der Waals surface area contributed by atoms with Crippen molar-refractivity contribution < 1.29 is 14.2 Å². The van der Waals surface area contributed by atoms with E-state index in [0.29, 0.717) is 13.2 Å². The fourth-order valence-electron chi connectivity index (χ4n) is 3.69. The molecule has 2 aromatic rings. The van der Waals surface area contributed by atoms with Gasteiger partial charge in [-0.15, -0.1) is 24.0 Å². The molecule has 1 fully saturated rings. The van der Waals surface area contributed by atoms with Crippen LogP contribution in [0.5, 0.6) is 11.5 Å². The molecule has 0 spiro atoms. The second-order valence-electron chi connectivity index (χ2n) is 7.46. The lowest BCUT2D eigenvalue weighted by Gasteiger charge is -2.36. The van der Waals surface area contributed by atoms with Gasteiger partial charge in [0.2, 0.25) is 0 Å². The topological polar surface area (TPSA) is 58.6 Å². The third kappa shape index (κ3) is 7.83. The number of aliphatic imine (C=N–C) groups is 1. The second kappa shape index (κ2) is 14.2. The van der Waals surface area contributed by atoms with E-state index in [-0.39, 0.29) is 24.0 Å². The summed E-state index contributed by atoms with van der Waals surface area (Å²) in [5, 5.41) is 3.42. The summed E-state index contributed by atoms with van der Waals surface area (Å²) >= 11 is 0. The molecule has 1 heterocycles. The van der Waals surface area contributed by atoms with Crippen LogP contribution in [0.4, 0.5) is 0 Å². The normalized spacial score (nSPS) is 14.6. The SMILES string of the molecule is CN=C(NCCOCc1ccccc1)N1CCN(Cc2ccc(OC)c(OC)c2)CC1.I. The van der Waals surface area contributed by atoms with Crippen LogP contribution in [0, 0.1) is 0 Å². The van der Waals surface area contributed by atoms with Crippen molar-refractivity contribution in [2.75, 3.05) is 60.6 Å². The number of hydrogen-bond acceptors (Lipinski definition) is 5. The van der Waals surface area contributed by atoms with Gasteiger partial charge in [0.05, 0.1) is 27.4 Å². The maximum atomic E-state index is 5.76. The summed E-state index contributed by atoms with van der Waals surface area (Å²) in [7, 11) is 5.17. The molecule has 0 bridgehead atoms. The fourth-order valence-corrected chi connectivity index (χ4v) is 3.69. The zero-order valence-electron chi connectivity index (χ0n) is 19.3. The summed E-state index contributed by atoms with van der Waals surface area (Å²) in [6, 6.07) is 16.4. The molecule has 0 amide bonds. The Morgan fingerprint density at radius 2 is 1.66 bits per heavy atom. The minimum absolute atomic E-state index is 0. The predicted molar refractivity (Wildman–Crippen MR) is 139 cm³/mol. The van der Waals surface area contributed by atoms with Gasteiger partial charge in [-0.2, -0.15) is 0 Å². The number of rotatable bonds is 9. The second-order valence-corrected chi connectivity index (χ2v) is 7.46. The first-order valence-corrected chi connectivity index (χ1v) is 10.7. The van der Waals surface area contributed by atoms with Crippen molar-refractivity contribution in [3.05, 3.63) is 59.7 Å². The van der Waals surface area contributed by atoms with Crippen molar-refractivity contribution in [3.8, 4) is 11.5 Å². The molecule has 8 heteroatoms. The largest absolute Gasteiger partial charge is 0.493 e. The Morgan fingerprint density at radius 3 is 2.31 bits per heavy atom. The monoisotopic (exact) mass is 554 g/mol. The molecule has 1 aliphatic heterocycles. The predicted octanol–water partition coefficient (Wildman–Crippen LogP) is 3.23. The van der Waals surface area contributed by atoms with E-state index in [2.05, 4.69) is 44.4 Å². The molecule has 0 aliphatic carbocycles. The highest BCUT2D eigenvalue weighted by atomic mass is 127. The van der Waals surface area contributed by atoms with Crippen molar-refractivity contribution in [3.63, 3.8) is 0 Å². The molecule has 0 aromatic heterocycles. The number of piperazine rings is 1. The molecule has 32 heavy (non-hydrogen) atoms. The van der Waals surface area contributed by atoms with Crippen molar-refractivity contribution in [2.24, 2.45) is 4.99 Å². The van der Waals surface area contributed by atoms with Crippen LogP contribution in [0.1, 0.15) is 11.1 Å². The Bertz CT molecular complexity index is 827. The number of halogens is 1. The van der Waals surface area contributed by atoms with Crippen LogP contribution >= 0.6 is 24.0 Å². The molecule has 7 nitrogen and oxygen atoms in total. The van der Waals surface area contributed by atoms with Crippen LogP contribution in [0.3, 0.4) is 0 Å². The van der Waals surface area contributed by atoms with E-state index in [0.717, 1.165) is 56.7 Å². The highest BCUT2D eigenvalue weighted by molar-refractivity contribution is 14.0. The number of nitrogens with one attached hydrogen (secondary N) is 1. The van der Waals surface area contributed by atoms with Crippen molar-refractivity contribution in [1.29, 1.82) is 0 Å². The van der Waals surface area contributed by atoms with Crippen molar-refractivity contribution in [2.45, 2.75) is 13.2 Å². The third-order valence-electron chi connectivity index (χ3n) is 5.38. The van der Waals surface area contributed by atoms with E-state index >= 15 is 0 Å². The van der Waals surface area contributed by atoms with Crippen LogP contribution in [0.15, 0.2) is 53.5 Å². The Labute approximate surface area is 208 Å². The molecular weight excluding hydrogens is 519 g/mol. The van der Waals surface area contributed by atoms with E-state index in [9.17, 15) is 0 Å². The molecule has 1 N–H and O–H groups in total. The summed E-state index contributed by atoms with van der Waals surface area (Å²) < 4.78 is 16.5. The minimum Gasteiger partial charge on any atom is -0.493 e. The number of methoxy groups -OCH3 is 2. The lowest BCUT2D eigenvalue weighted by Crippen LogP contribution is -2.52. The van der Waals surface area contributed by atoms with Crippen molar-refractivity contribution in [1.82, 2.24) is 15.1 Å². The fraction of sp³-hybridized carbons (Fsp3) is 0.458. The molecule has 1 aliphatic rings. The van der Waals surface area contributed by atoms with Crippen LogP contribution < -0.4 is 14.8 Å². The lowest BCUT2D eigenvalue weighted by atomic mass is 10.1. The summed E-state index contributed by atoms with van der Waals surface area (Å²) in [5.41, 5.74) is 2.42. The van der Waals surface area contributed by atoms with Gasteiger partial charge in [-0.3, -0.25) is 9.89 Å². The van der Waals surface area contributed by atoms with Gasteiger partial charge in [-0.25, -0.2) is 0 Å². The van der Waals surface area contributed by atoms with E-state index in [4.69, 9.17) is 14.2 Å². The molecule has 176 valence electrons. The quantitative estimate of drug-likeness (QED) is 0.223. The highest BCUT2D eigenvalue weighted by Gasteiger charge is 2.20. The zero-order chi connectivity index (χ0) is 21.9. The Balaban J connectivity index is 0.00000363. The highest BCUT2D eigenvalue weighted by Crippen LogP contribution is 2.28. The molecule has 1 saturated heterocycles. The number of ether oxygens (including phenoxy) is 3. The van der Waals surface area contributed by atoms with E-state index in [1.165, 1.54) is 11.1 Å². The molecule has 3 rings (SSSR count). The first-order chi connectivity index (χ1) is 15.2. The van der Waals surface area contributed by atoms with Gasteiger partial charge in [-0.1, -0.05) is 36.4 Å². The smallest absolute Gasteiger partial charge is 0.193 e. The Kier molecular flexibility index (Phi) is 11.6. The van der Waals surface area contributed by atoms with E-state index in [1.807, 2.05) is 31.3 Å². The van der Waals surface area contributed by atoms with Gasteiger partial charge in [0, 0.05) is 46.3 Å². The molecule has 0 atom stereocenters. The van der Waals surface area contributed by atoms with Gasteiger partial charge in [-0.05, 0) is 23.3 Å². The number of nitrogens with zero attached hydrogens (tertiary/aromatic N) is 3. The van der Waals surface area contributed by atoms with E-state index in [1.54, 1.807) is 14.2 Å². The zero-order valence-corrected chi connectivity index (χ0v) is 21.6. The van der Waals surface area contributed by atoms with Crippen LogP contribution in [-0.2, 0) is 17.9 Å². The molecule has 0 unspecified atom stereocenters. The Hall–Kier alpha value is -2.04. The van der Waals surface area contributed by atoms with Gasteiger partial charge in [0.1, 0.15) is 0 Å². The van der Waals surface area contributed by atoms with Gasteiger partial charge in [0.15, 0.2) is 17.5 Å². The summed E-state index contributed by atoms with van der Waals surface area (Å²) in [4.78, 5) is 9.21. The van der Waals surface area contributed by atoms with Crippen LogP contribution in [0.25, 0.3) is 0 Å². The molecular formula is C24H35IN4O3. The molecule has 0 radical (unpaired) electrons. The van der Waals surface area contributed by atoms with Gasteiger partial charge < -0.3 is 24.4 Å². The maximum absolute atomic E-state index is 5.76.